The quantitative estimate of drug-likeness (QED) is 0.531. The average molecular weight is 154 g/mol. The Morgan fingerprint density at radius 1 is 1.45 bits per heavy atom. The van der Waals surface area contributed by atoms with Crippen LogP contribution in [0.1, 0.15) is 40.0 Å². The molecule has 11 heavy (non-hydrogen) atoms. The molecule has 0 aromatic carbocycles. The van der Waals surface area contributed by atoms with Gasteiger partial charge in [-0.25, -0.2) is 0 Å². The van der Waals surface area contributed by atoms with Crippen molar-refractivity contribution in [1.29, 1.82) is 0 Å². The largest absolute Gasteiger partial charge is 0.303 e. The highest BCUT2D eigenvalue weighted by atomic mass is 16.1. The number of rotatable bonds is 1. The highest BCUT2D eigenvalue weighted by molar-refractivity contribution is 5.55. The predicted octanol–water partition coefficient (Wildman–Crippen LogP) is 2.65. The first kappa shape index (κ1) is 8.76. The van der Waals surface area contributed by atoms with E-state index in [1.165, 1.54) is 19.3 Å². The third-order valence-corrected chi connectivity index (χ3v) is 3.14. The Labute approximate surface area is 69.2 Å². The summed E-state index contributed by atoms with van der Waals surface area (Å²) < 4.78 is 0. The van der Waals surface area contributed by atoms with Crippen LogP contribution in [0.5, 0.6) is 0 Å². The van der Waals surface area contributed by atoms with Gasteiger partial charge >= 0.3 is 0 Å². The molecule has 0 aliphatic heterocycles. The van der Waals surface area contributed by atoms with Crippen LogP contribution >= 0.6 is 0 Å². The zero-order valence-electron chi connectivity index (χ0n) is 7.76. The molecular weight excluding hydrogens is 136 g/mol. The molecule has 1 aliphatic carbocycles. The van der Waals surface area contributed by atoms with Gasteiger partial charge in [-0.1, -0.05) is 27.2 Å². The van der Waals surface area contributed by atoms with E-state index < -0.39 is 0 Å². The third kappa shape index (κ3) is 1.63. The number of carbonyl (C=O) groups is 1. The van der Waals surface area contributed by atoms with Crippen molar-refractivity contribution in [2.24, 2.45) is 17.3 Å². The van der Waals surface area contributed by atoms with Crippen molar-refractivity contribution in [2.75, 3.05) is 0 Å². The number of hydrogen-bond donors (Lipinski definition) is 0. The minimum atomic E-state index is 0.249. The van der Waals surface area contributed by atoms with Crippen molar-refractivity contribution in [3.05, 3.63) is 0 Å². The van der Waals surface area contributed by atoms with Gasteiger partial charge in [-0.2, -0.15) is 0 Å². The molecule has 0 heterocycles. The topological polar surface area (TPSA) is 17.1 Å². The summed E-state index contributed by atoms with van der Waals surface area (Å²) in [7, 11) is 0. The minimum absolute atomic E-state index is 0.249. The van der Waals surface area contributed by atoms with E-state index in [1.807, 2.05) is 0 Å². The fourth-order valence-electron chi connectivity index (χ4n) is 2.31. The monoisotopic (exact) mass is 154 g/mol. The lowest BCUT2D eigenvalue weighted by molar-refractivity contribution is -0.117. The van der Waals surface area contributed by atoms with E-state index in [0.29, 0.717) is 5.92 Å². The molecule has 1 nitrogen and oxygen atoms in total. The molecule has 0 saturated heterocycles. The second kappa shape index (κ2) is 2.96. The van der Waals surface area contributed by atoms with Crippen LogP contribution in [0.25, 0.3) is 0 Å². The molecule has 2 atom stereocenters. The maximum atomic E-state index is 10.8. The van der Waals surface area contributed by atoms with E-state index in [9.17, 15) is 4.79 Å². The summed E-state index contributed by atoms with van der Waals surface area (Å²) in [6.07, 6.45) is 4.88. The molecule has 0 N–H and O–H groups in total. The predicted molar refractivity (Wildman–Crippen MR) is 46.4 cm³/mol. The van der Waals surface area contributed by atoms with Crippen LogP contribution in [0.3, 0.4) is 0 Å². The van der Waals surface area contributed by atoms with E-state index >= 15 is 0 Å². The van der Waals surface area contributed by atoms with Crippen LogP contribution < -0.4 is 0 Å². The van der Waals surface area contributed by atoms with Crippen LogP contribution in [0.2, 0.25) is 0 Å². The fraction of sp³-hybridized carbons (Fsp3) is 0.900. The smallest absolute Gasteiger partial charge is 0.123 e. The fourth-order valence-corrected chi connectivity index (χ4v) is 2.31. The van der Waals surface area contributed by atoms with Crippen LogP contribution in [-0.4, -0.2) is 6.29 Å². The maximum absolute atomic E-state index is 10.8. The molecule has 0 radical (unpaired) electrons. The Hall–Kier alpha value is -0.330. The van der Waals surface area contributed by atoms with Crippen molar-refractivity contribution >= 4 is 6.29 Å². The van der Waals surface area contributed by atoms with Gasteiger partial charge in [0.15, 0.2) is 0 Å². The van der Waals surface area contributed by atoms with Crippen molar-refractivity contribution in [2.45, 2.75) is 40.0 Å². The molecule has 1 fully saturated rings. The summed E-state index contributed by atoms with van der Waals surface area (Å²) in [6.45, 7) is 6.61. The van der Waals surface area contributed by atoms with E-state index in [-0.39, 0.29) is 11.3 Å². The number of carbonyl (C=O) groups excluding carboxylic acids is 1. The van der Waals surface area contributed by atoms with Gasteiger partial charge in [0.25, 0.3) is 0 Å². The zero-order chi connectivity index (χ0) is 8.48. The second-order valence-electron chi connectivity index (χ2n) is 4.52. The Balaban J connectivity index is 2.72. The molecule has 0 bridgehead atoms. The minimum Gasteiger partial charge on any atom is -0.303 e. The Bertz CT molecular complexity index is 149. The first-order valence-corrected chi connectivity index (χ1v) is 4.53. The highest BCUT2D eigenvalue weighted by Crippen LogP contribution is 2.42. The molecule has 1 saturated carbocycles. The number of hydrogen-bond acceptors (Lipinski definition) is 1. The van der Waals surface area contributed by atoms with Crippen molar-refractivity contribution in [1.82, 2.24) is 0 Å². The Kier molecular flexibility index (Phi) is 2.36. The van der Waals surface area contributed by atoms with Crippen molar-refractivity contribution in [3.8, 4) is 0 Å². The van der Waals surface area contributed by atoms with E-state index in [2.05, 4.69) is 20.8 Å². The molecule has 1 aliphatic rings. The zero-order valence-corrected chi connectivity index (χ0v) is 7.76. The Morgan fingerprint density at radius 3 is 2.45 bits per heavy atom. The molecule has 2 unspecified atom stereocenters. The van der Waals surface area contributed by atoms with E-state index in [1.54, 1.807) is 0 Å². The molecule has 0 aromatic heterocycles. The molecular formula is C10H18O. The first-order valence-electron chi connectivity index (χ1n) is 4.53. The lowest BCUT2D eigenvalue weighted by Crippen LogP contribution is -2.34. The van der Waals surface area contributed by atoms with Gasteiger partial charge < -0.3 is 4.79 Å². The van der Waals surface area contributed by atoms with Crippen LogP contribution in [0.15, 0.2) is 0 Å². The summed E-state index contributed by atoms with van der Waals surface area (Å²) in [5.74, 6) is 0.882. The summed E-state index contributed by atoms with van der Waals surface area (Å²) in [4.78, 5) is 10.8. The van der Waals surface area contributed by atoms with Gasteiger partial charge in [-0.15, -0.1) is 0 Å². The first-order chi connectivity index (χ1) is 5.08. The van der Waals surface area contributed by atoms with Crippen LogP contribution in [0, 0.1) is 17.3 Å². The van der Waals surface area contributed by atoms with Gasteiger partial charge in [-0.05, 0) is 24.2 Å². The average Bonchev–Trinajstić information content (AvgIpc) is 1.86. The van der Waals surface area contributed by atoms with E-state index in [4.69, 9.17) is 0 Å². The maximum Gasteiger partial charge on any atom is 0.123 e. The third-order valence-electron chi connectivity index (χ3n) is 3.14. The van der Waals surface area contributed by atoms with Crippen molar-refractivity contribution in [3.63, 3.8) is 0 Å². The Morgan fingerprint density at radius 2 is 2.09 bits per heavy atom. The summed E-state index contributed by atoms with van der Waals surface area (Å²) >= 11 is 0. The van der Waals surface area contributed by atoms with Crippen molar-refractivity contribution < 1.29 is 4.79 Å². The van der Waals surface area contributed by atoms with Gasteiger partial charge in [0.05, 0.1) is 0 Å². The molecule has 64 valence electrons. The highest BCUT2D eigenvalue weighted by Gasteiger charge is 2.36. The molecule has 0 amide bonds. The summed E-state index contributed by atoms with van der Waals surface area (Å²) in [6, 6.07) is 0. The van der Waals surface area contributed by atoms with Gasteiger partial charge in [0, 0.05) is 5.92 Å². The molecule has 0 spiro atoms. The molecule has 0 aromatic rings. The molecule has 1 heteroatoms. The van der Waals surface area contributed by atoms with Gasteiger partial charge in [0.2, 0.25) is 0 Å². The lowest BCUT2D eigenvalue weighted by Gasteiger charge is -2.39. The standard InChI is InChI=1S/C10H18O/c1-8-5-4-6-10(2,3)9(8)7-11/h7-9H,4-6H2,1-3H3. The van der Waals surface area contributed by atoms with E-state index in [0.717, 1.165) is 6.29 Å². The normalized spacial score (nSPS) is 36.6. The lowest BCUT2D eigenvalue weighted by atomic mass is 9.65. The second-order valence-corrected chi connectivity index (χ2v) is 4.52. The van der Waals surface area contributed by atoms with Crippen LogP contribution in [0.4, 0.5) is 0 Å². The summed E-state index contributed by atoms with van der Waals surface area (Å²) in [5.41, 5.74) is 0.249. The molecule has 1 rings (SSSR count). The van der Waals surface area contributed by atoms with Crippen LogP contribution in [-0.2, 0) is 4.79 Å². The number of aldehydes is 1. The van der Waals surface area contributed by atoms with Gasteiger partial charge in [-0.3, -0.25) is 0 Å². The summed E-state index contributed by atoms with van der Waals surface area (Å²) in [5, 5.41) is 0. The SMILES string of the molecule is CC1CCCC(C)(C)C1C=O. The van der Waals surface area contributed by atoms with Gasteiger partial charge in [0.1, 0.15) is 6.29 Å².